The van der Waals surface area contributed by atoms with Crippen molar-refractivity contribution < 1.29 is 18.0 Å². The lowest BCUT2D eigenvalue weighted by molar-refractivity contribution is -0.117. The van der Waals surface area contributed by atoms with Crippen molar-refractivity contribution in [2.75, 3.05) is 17.2 Å². The first-order valence-electron chi connectivity index (χ1n) is 6.80. The van der Waals surface area contributed by atoms with E-state index >= 15 is 0 Å². The van der Waals surface area contributed by atoms with E-state index in [-0.39, 0.29) is 29.8 Å². The van der Waals surface area contributed by atoms with Gasteiger partial charge in [-0.3, -0.25) is 9.59 Å². The largest absolute Gasteiger partial charge is 0.312 e. The molecule has 0 saturated carbocycles. The van der Waals surface area contributed by atoms with Crippen molar-refractivity contribution in [3.8, 4) is 0 Å². The first-order valence-corrected chi connectivity index (χ1v) is 8.52. The summed E-state index contributed by atoms with van der Waals surface area (Å²) in [5.41, 5.74) is 2.41. The Kier molecular flexibility index (Phi) is 3.33. The Labute approximate surface area is 123 Å². The van der Waals surface area contributed by atoms with E-state index in [2.05, 4.69) is 0 Å². The number of carbonyl (C=O) groups is 2. The predicted octanol–water partition coefficient (Wildman–Crippen LogP) is 0.457. The number of Topliss-reactive ketones (excluding diaryl/α,β-unsaturated/α-hetero) is 1. The number of nitrogens with two attached hydrogens (primary N) is 1. The summed E-state index contributed by atoms with van der Waals surface area (Å²) in [4.78, 5) is 25.3. The van der Waals surface area contributed by atoms with Gasteiger partial charge in [0, 0.05) is 36.6 Å². The average Bonchev–Trinajstić information content (AvgIpc) is 2.91. The Bertz CT molecular complexity index is 726. The Morgan fingerprint density at radius 2 is 2.00 bits per heavy atom. The molecular weight excluding hydrogens is 292 g/mol. The quantitative estimate of drug-likeness (QED) is 0.877. The van der Waals surface area contributed by atoms with E-state index in [9.17, 15) is 18.0 Å². The van der Waals surface area contributed by atoms with Crippen LogP contribution in [0.3, 0.4) is 0 Å². The second-order valence-corrected chi connectivity index (χ2v) is 7.33. The van der Waals surface area contributed by atoms with Crippen LogP contribution in [0.25, 0.3) is 0 Å². The number of fused-ring (bicyclic) bond motifs is 1. The molecule has 2 N–H and O–H groups in total. The highest BCUT2D eigenvalue weighted by atomic mass is 32.2. The molecule has 1 heterocycles. The van der Waals surface area contributed by atoms with Crippen LogP contribution in [0.1, 0.15) is 28.8 Å². The van der Waals surface area contributed by atoms with Gasteiger partial charge in [-0.25, -0.2) is 13.6 Å². The molecule has 0 aromatic heterocycles. The van der Waals surface area contributed by atoms with Gasteiger partial charge in [-0.05, 0) is 30.2 Å². The molecule has 0 spiro atoms. The van der Waals surface area contributed by atoms with E-state index in [1.807, 2.05) is 6.07 Å². The van der Waals surface area contributed by atoms with Gasteiger partial charge in [0.2, 0.25) is 15.9 Å². The lowest BCUT2D eigenvalue weighted by Crippen LogP contribution is -2.27. The number of hydrogen-bond donors (Lipinski definition) is 1. The molecule has 7 heteroatoms. The van der Waals surface area contributed by atoms with Crippen molar-refractivity contribution in [1.29, 1.82) is 0 Å². The van der Waals surface area contributed by atoms with Crippen LogP contribution in [-0.4, -0.2) is 32.4 Å². The minimum absolute atomic E-state index is 0.104. The van der Waals surface area contributed by atoms with E-state index in [1.54, 1.807) is 17.0 Å². The third kappa shape index (κ3) is 2.84. The maximum absolute atomic E-state index is 12.1. The van der Waals surface area contributed by atoms with Crippen molar-refractivity contribution in [1.82, 2.24) is 0 Å². The molecule has 1 fully saturated rings. The molecule has 2 aliphatic rings. The molecule has 1 atom stereocenters. The first kappa shape index (κ1) is 14.2. The van der Waals surface area contributed by atoms with Gasteiger partial charge in [0.25, 0.3) is 0 Å². The summed E-state index contributed by atoms with van der Waals surface area (Å²) in [6.07, 6.45) is 1.40. The zero-order chi connectivity index (χ0) is 15.2. The molecule has 1 amide bonds. The second-order valence-electron chi connectivity index (χ2n) is 5.67. The number of benzene rings is 1. The molecule has 1 aliphatic heterocycles. The number of anilines is 1. The van der Waals surface area contributed by atoms with Gasteiger partial charge < -0.3 is 4.90 Å². The van der Waals surface area contributed by atoms with Crippen molar-refractivity contribution in [3.05, 3.63) is 29.3 Å². The number of aryl methyl sites for hydroxylation is 1. The van der Waals surface area contributed by atoms with E-state index in [0.29, 0.717) is 19.4 Å². The Hall–Kier alpha value is -1.73. The Morgan fingerprint density at radius 3 is 2.71 bits per heavy atom. The van der Waals surface area contributed by atoms with Gasteiger partial charge in [-0.2, -0.15) is 0 Å². The molecule has 0 radical (unpaired) electrons. The van der Waals surface area contributed by atoms with Crippen LogP contribution in [0.2, 0.25) is 0 Å². The number of ketones is 1. The molecule has 6 nitrogen and oxygen atoms in total. The van der Waals surface area contributed by atoms with Gasteiger partial charge in [-0.1, -0.05) is 0 Å². The van der Waals surface area contributed by atoms with Crippen LogP contribution >= 0.6 is 0 Å². The standard InChI is InChI=1S/C14H16N2O4S/c15-21(19,20)8-9-5-14(18)16(7-9)11-2-3-12-10(6-11)1-4-13(12)17/h2-3,6,9H,1,4-5,7-8H2,(H2,15,19,20). The highest BCUT2D eigenvalue weighted by Crippen LogP contribution is 2.30. The number of rotatable bonds is 3. The molecule has 1 aromatic rings. The summed E-state index contributed by atoms with van der Waals surface area (Å²) < 4.78 is 22.3. The zero-order valence-electron chi connectivity index (χ0n) is 11.4. The van der Waals surface area contributed by atoms with Gasteiger partial charge >= 0.3 is 0 Å². The Morgan fingerprint density at radius 1 is 1.24 bits per heavy atom. The van der Waals surface area contributed by atoms with Crippen LogP contribution in [0.4, 0.5) is 5.69 Å². The summed E-state index contributed by atoms with van der Waals surface area (Å²) >= 11 is 0. The summed E-state index contributed by atoms with van der Waals surface area (Å²) in [6.45, 7) is 0.349. The normalized spacial score (nSPS) is 22.0. The van der Waals surface area contributed by atoms with E-state index < -0.39 is 10.0 Å². The third-order valence-electron chi connectivity index (χ3n) is 4.00. The first-order chi connectivity index (χ1) is 9.83. The average molecular weight is 308 g/mol. The van der Waals surface area contributed by atoms with Crippen LogP contribution in [0, 0.1) is 5.92 Å². The maximum Gasteiger partial charge on any atom is 0.227 e. The number of amides is 1. The van der Waals surface area contributed by atoms with E-state index in [1.165, 1.54) is 0 Å². The molecule has 112 valence electrons. The topological polar surface area (TPSA) is 97.5 Å². The molecule has 1 unspecified atom stereocenters. The monoisotopic (exact) mass is 308 g/mol. The maximum atomic E-state index is 12.1. The summed E-state index contributed by atoms with van der Waals surface area (Å²) in [5.74, 6) is -0.426. The molecular formula is C14H16N2O4S. The molecule has 3 rings (SSSR count). The second kappa shape index (κ2) is 4.92. The fourth-order valence-corrected chi connectivity index (χ4v) is 3.96. The summed E-state index contributed by atoms with van der Waals surface area (Å²) in [7, 11) is -3.58. The molecule has 1 saturated heterocycles. The van der Waals surface area contributed by atoms with Gasteiger partial charge in [0.05, 0.1) is 5.75 Å². The number of carbonyl (C=O) groups excluding carboxylic acids is 2. The smallest absolute Gasteiger partial charge is 0.227 e. The van der Waals surface area contributed by atoms with Crippen LogP contribution < -0.4 is 10.0 Å². The van der Waals surface area contributed by atoms with Crippen LogP contribution in [0.5, 0.6) is 0 Å². The fraction of sp³-hybridized carbons (Fsp3) is 0.429. The van der Waals surface area contributed by atoms with Gasteiger partial charge in [0.15, 0.2) is 5.78 Å². The van der Waals surface area contributed by atoms with Crippen molar-refractivity contribution >= 4 is 27.4 Å². The highest BCUT2D eigenvalue weighted by Gasteiger charge is 2.33. The Balaban J connectivity index is 1.82. The minimum atomic E-state index is -3.58. The minimum Gasteiger partial charge on any atom is -0.312 e. The summed E-state index contributed by atoms with van der Waals surface area (Å²) in [6, 6.07) is 5.36. The lowest BCUT2D eigenvalue weighted by atomic mass is 10.1. The zero-order valence-corrected chi connectivity index (χ0v) is 12.2. The molecule has 1 aromatic carbocycles. The van der Waals surface area contributed by atoms with E-state index in [0.717, 1.165) is 16.8 Å². The number of primary sulfonamides is 1. The van der Waals surface area contributed by atoms with Crippen molar-refractivity contribution in [2.45, 2.75) is 19.3 Å². The van der Waals surface area contributed by atoms with Crippen molar-refractivity contribution in [2.24, 2.45) is 11.1 Å². The molecule has 1 aliphatic carbocycles. The SMILES string of the molecule is NS(=O)(=O)CC1CC(=O)N(c2ccc3c(c2)CCC3=O)C1. The number of nitrogens with zero attached hydrogens (tertiary/aromatic N) is 1. The number of hydrogen-bond acceptors (Lipinski definition) is 4. The lowest BCUT2D eigenvalue weighted by Gasteiger charge is -2.17. The number of sulfonamides is 1. The highest BCUT2D eigenvalue weighted by molar-refractivity contribution is 7.89. The molecule has 0 bridgehead atoms. The van der Waals surface area contributed by atoms with Crippen LogP contribution in [-0.2, 0) is 21.2 Å². The predicted molar refractivity (Wildman–Crippen MR) is 77.5 cm³/mol. The van der Waals surface area contributed by atoms with Crippen LogP contribution in [0.15, 0.2) is 18.2 Å². The fourth-order valence-electron chi connectivity index (χ4n) is 3.08. The van der Waals surface area contributed by atoms with Gasteiger partial charge in [-0.15, -0.1) is 0 Å². The van der Waals surface area contributed by atoms with Crippen molar-refractivity contribution in [3.63, 3.8) is 0 Å². The van der Waals surface area contributed by atoms with Gasteiger partial charge in [0.1, 0.15) is 0 Å². The summed E-state index contributed by atoms with van der Waals surface area (Å²) in [5, 5.41) is 5.04. The molecule has 21 heavy (non-hydrogen) atoms. The van der Waals surface area contributed by atoms with E-state index in [4.69, 9.17) is 5.14 Å². The third-order valence-corrected chi connectivity index (χ3v) is 4.93.